The molecule has 1 amide bonds. The number of aryl methyl sites for hydroxylation is 1. The van der Waals surface area contributed by atoms with Crippen molar-refractivity contribution in [2.24, 2.45) is 0 Å². The molecule has 2 rings (SSSR count). The maximum atomic E-state index is 12.3. The molecule has 5 heteroatoms. The van der Waals surface area contributed by atoms with Crippen LogP contribution < -0.4 is 9.74 Å². The molecule has 0 saturated carbocycles. The quantitative estimate of drug-likeness (QED) is 0.550. The van der Waals surface area contributed by atoms with Gasteiger partial charge in [-0.05, 0) is 67.4 Å². The van der Waals surface area contributed by atoms with Crippen LogP contribution in [0.2, 0.25) is 16.6 Å². The van der Waals surface area contributed by atoms with Gasteiger partial charge in [0.05, 0.1) is 5.69 Å². The van der Waals surface area contributed by atoms with Crippen molar-refractivity contribution >= 4 is 20.1 Å². The fraction of sp³-hybridized carbons (Fsp3) is 0.682. The molecular formula is C22H37NO3Si. The van der Waals surface area contributed by atoms with Crippen molar-refractivity contribution in [3.8, 4) is 5.75 Å². The molecule has 0 saturated heterocycles. The van der Waals surface area contributed by atoms with E-state index in [4.69, 9.17) is 9.16 Å². The van der Waals surface area contributed by atoms with Crippen molar-refractivity contribution < 1.29 is 14.0 Å². The molecule has 1 N–H and O–H groups in total. The number of nitrogens with one attached hydrogen (secondary N) is 1. The zero-order chi connectivity index (χ0) is 20.6. The standard InChI is InChI=1S/C22H37NO3Si/c1-14(2)27(15(3)4,16(5)6)26-18-12-17-10-11-19(17)20(13-18)23-21(24)25-22(7,8)9/h12-16H,10-11H2,1-9H3,(H,23,24). The summed E-state index contributed by atoms with van der Waals surface area (Å²) >= 11 is 0. The van der Waals surface area contributed by atoms with E-state index in [9.17, 15) is 4.79 Å². The molecule has 0 aliphatic heterocycles. The van der Waals surface area contributed by atoms with Gasteiger partial charge in [-0.15, -0.1) is 0 Å². The zero-order valence-electron chi connectivity index (χ0n) is 18.5. The van der Waals surface area contributed by atoms with Crippen molar-refractivity contribution in [2.75, 3.05) is 5.32 Å². The van der Waals surface area contributed by atoms with Crippen LogP contribution in [0.25, 0.3) is 0 Å². The molecule has 0 fully saturated rings. The summed E-state index contributed by atoms with van der Waals surface area (Å²) in [5.41, 5.74) is 4.32. The van der Waals surface area contributed by atoms with Crippen molar-refractivity contribution in [3.63, 3.8) is 0 Å². The van der Waals surface area contributed by atoms with Crippen LogP contribution >= 0.6 is 0 Å². The summed E-state index contributed by atoms with van der Waals surface area (Å²) in [4.78, 5) is 12.3. The molecule has 0 atom stereocenters. The van der Waals surface area contributed by atoms with Crippen LogP contribution in [0.4, 0.5) is 10.5 Å². The highest BCUT2D eigenvalue weighted by Crippen LogP contribution is 2.44. The predicted octanol–water partition coefficient (Wildman–Crippen LogP) is 6.69. The number of hydrogen-bond donors (Lipinski definition) is 1. The van der Waals surface area contributed by atoms with E-state index in [2.05, 4.69) is 52.9 Å². The van der Waals surface area contributed by atoms with Crippen LogP contribution in [0.1, 0.15) is 73.4 Å². The van der Waals surface area contributed by atoms with Crippen LogP contribution in [-0.4, -0.2) is 20.0 Å². The summed E-state index contributed by atoms with van der Waals surface area (Å²) in [7, 11) is -2.03. The fourth-order valence-electron chi connectivity index (χ4n) is 4.45. The average molecular weight is 392 g/mol. The van der Waals surface area contributed by atoms with Gasteiger partial charge in [0, 0.05) is 6.07 Å². The highest BCUT2D eigenvalue weighted by atomic mass is 28.4. The van der Waals surface area contributed by atoms with Crippen molar-refractivity contribution in [3.05, 3.63) is 23.3 Å². The first-order valence-electron chi connectivity index (χ1n) is 10.2. The number of hydrogen-bond acceptors (Lipinski definition) is 3. The Morgan fingerprint density at radius 3 is 1.96 bits per heavy atom. The van der Waals surface area contributed by atoms with Gasteiger partial charge in [-0.1, -0.05) is 41.5 Å². The van der Waals surface area contributed by atoms with Crippen molar-refractivity contribution in [2.45, 2.75) is 97.4 Å². The molecule has 4 nitrogen and oxygen atoms in total. The lowest BCUT2D eigenvalue weighted by Gasteiger charge is -2.42. The number of benzene rings is 1. The van der Waals surface area contributed by atoms with Crippen LogP contribution in [-0.2, 0) is 17.6 Å². The molecule has 1 aromatic rings. The first kappa shape index (κ1) is 21.8. The summed E-state index contributed by atoms with van der Waals surface area (Å²) in [5.74, 6) is 0.891. The average Bonchev–Trinajstić information content (AvgIpc) is 2.43. The zero-order valence-corrected chi connectivity index (χ0v) is 19.5. The summed E-state index contributed by atoms with van der Waals surface area (Å²) < 4.78 is 12.3. The smallest absolute Gasteiger partial charge is 0.412 e. The number of amides is 1. The van der Waals surface area contributed by atoms with Crippen LogP contribution in [0.15, 0.2) is 12.1 Å². The second-order valence-electron chi connectivity index (χ2n) is 9.66. The predicted molar refractivity (Wildman–Crippen MR) is 115 cm³/mol. The van der Waals surface area contributed by atoms with Gasteiger partial charge in [0.2, 0.25) is 0 Å². The lowest BCUT2D eigenvalue weighted by molar-refractivity contribution is 0.0635. The lowest BCUT2D eigenvalue weighted by atomic mass is 9.87. The molecule has 152 valence electrons. The fourth-order valence-corrected chi connectivity index (χ4v) is 9.68. The molecule has 1 aliphatic carbocycles. The second-order valence-corrected chi connectivity index (χ2v) is 15.0. The number of anilines is 1. The van der Waals surface area contributed by atoms with E-state index in [0.717, 1.165) is 24.3 Å². The maximum absolute atomic E-state index is 12.3. The molecule has 27 heavy (non-hydrogen) atoms. The van der Waals surface area contributed by atoms with Crippen LogP contribution in [0.3, 0.4) is 0 Å². The largest absolute Gasteiger partial charge is 0.543 e. The van der Waals surface area contributed by atoms with Gasteiger partial charge < -0.3 is 9.16 Å². The van der Waals surface area contributed by atoms with E-state index in [0.29, 0.717) is 16.6 Å². The molecule has 0 bridgehead atoms. The number of fused-ring (bicyclic) bond motifs is 1. The van der Waals surface area contributed by atoms with Crippen molar-refractivity contribution in [1.82, 2.24) is 0 Å². The Bertz CT molecular complexity index is 668. The van der Waals surface area contributed by atoms with Gasteiger partial charge in [0.1, 0.15) is 11.4 Å². The highest BCUT2D eigenvalue weighted by molar-refractivity contribution is 6.78. The SMILES string of the molecule is CC(C)[Si](Oc1cc2c(c(NC(=O)OC(C)(C)C)c1)CC2)(C(C)C)C(C)C. The minimum absolute atomic E-state index is 0.408. The number of rotatable bonds is 6. The summed E-state index contributed by atoms with van der Waals surface area (Å²) in [5, 5.41) is 2.95. The van der Waals surface area contributed by atoms with E-state index in [1.165, 1.54) is 11.1 Å². The Morgan fingerprint density at radius 2 is 1.56 bits per heavy atom. The molecule has 0 aromatic heterocycles. The Balaban J connectivity index is 2.34. The third-order valence-electron chi connectivity index (χ3n) is 5.60. The van der Waals surface area contributed by atoms with Gasteiger partial charge in [0.15, 0.2) is 0 Å². The summed E-state index contributed by atoms with van der Waals surface area (Å²) in [6.07, 6.45) is 1.62. The molecular weight excluding hydrogens is 354 g/mol. The first-order chi connectivity index (χ1) is 12.4. The second kappa shape index (κ2) is 7.86. The topological polar surface area (TPSA) is 47.6 Å². The van der Waals surface area contributed by atoms with E-state index in [-0.39, 0.29) is 0 Å². The summed E-state index contributed by atoms with van der Waals surface area (Å²) in [6.45, 7) is 19.3. The van der Waals surface area contributed by atoms with E-state index in [1.54, 1.807) is 0 Å². The maximum Gasteiger partial charge on any atom is 0.412 e. The molecule has 0 radical (unpaired) electrons. The summed E-state index contributed by atoms with van der Waals surface area (Å²) in [6, 6.07) is 4.17. The van der Waals surface area contributed by atoms with Gasteiger partial charge >= 0.3 is 6.09 Å². The number of carbonyl (C=O) groups excluding carboxylic acids is 1. The van der Waals surface area contributed by atoms with Gasteiger partial charge in [-0.2, -0.15) is 0 Å². The van der Waals surface area contributed by atoms with E-state index >= 15 is 0 Å². The number of carbonyl (C=O) groups is 1. The van der Waals surface area contributed by atoms with E-state index < -0.39 is 20.0 Å². The molecule has 0 spiro atoms. The normalized spacial score (nSPS) is 14.2. The monoisotopic (exact) mass is 391 g/mol. The van der Waals surface area contributed by atoms with Crippen LogP contribution in [0.5, 0.6) is 5.75 Å². The molecule has 1 aliphatic rings. The Hall–Kier alpha value is -1.49. The van der Waals surface area contributed by atoms with Gasteiger partial charge in [-0.25, -0.2) is 4.79 Å². The van der Waals surface area contributed by atoms with Crippen LogP contribution in [0, 0.1) is 0 Å². The van der Waals surface area contributed by atoms with Crippen molar-refractivity contribution in [1.29, 1.82) is 0 Å². The highest BCUT2D eigenvalue weighted by Gasteiger charge is 2.47. The minimum atomic E-state index is -2.03. The van der Waals surface area contributed by atoms with Gasteiger partial charge in [0.25, 0.3) is 8.32 Å². The number of ether oxygens (including phenoxy) is 1. The minimum Gasteiger partial charge on any atom is -0.543 e. The Labute approximate surface area is 166 Å². The molecule has 1 aromatic carbocycles. The molecule has 0 unspecified atom stereocenters. The van der Waals surface area contributed by atoms with Gasteiger partial charge in [-0.3, -0.25) is 5.32 Å². The first-order valence-corrected chi connectivity index (χ1v) is 12.4. The Morgan fingerprint density at radius 1 is 1.00 bits per heavy atom. The Kier molecular flexibility index (Phi) is 6.35. The third-order valence-corrected chi connectivity index (χ3v) is 11.6. The molecule has 0 heterocycles. The third kappa shape index (κ3) is 4.68. The van der Waals surface area contributed by atoms with E-state index in [1.807, 2.05) is 26.8 Å². The lowest BCUT2D eigenvalue weighted by Crippen LogP contribution is -2.50.